The Morgan fingerprint density at radius 1 is 1.43 bits per heavy atom. The maximum absolute atomic E-state index is 9.65. The zero-order valence-corrected chi connectivity index (χ0v) is 7.68. The first-order valence-corrected chi connectivity index (χ1v) is 4.31. The van der Waals surface area contributed by atoms with Gasteiger partial charge >= 0.3 is 5.97 Å². The lowest BCUT2D eigenvalue weighted by Crippen LogP contribution is -2.33. The summed E-state index contributed by atoms with van der Waals surface area (Å²) in [4.78, 5) is 9.65. The molecule has 14 heavy (non-hydrogen) atoms. The summed E-state index contributed by atoms with van der Waals surface area (Å²) < 4.78 is 0. The Bertz CT molecular complexity index is 304. The van der Waals surface area contributed by atoms with E-state index in [1.807, 2.05) is 0 Å². The van der Waals surface area contributed by atoms with Gasteiger partial charge in [-0.05, 0) is 17.5 Å². The molecule has 4 nitrogen and oxygen atoms in total. The minimum atomic E-state index is -1.18. The van der Waals surface area contributed by atoms with E-state index in [0.717, 1.165) is 0 Å². The molecule has 1 aliphatic carbocycles. The summed E-state index contributed by atoms with van der Waals surface area (Å²) in [6.45, 7) is -0.505. The highest BCUT2D eigenvalue weighted by Crippen LogP contribution is 2.25. The Morgan fingerprint density at radius 2 is 1.93 bits per heavy atom. The molecule has 0 fully saturated rings. The van der Waals surface area contributed by atoms with Crippen LogP contribution < -0.4 is 5.73 Å². The van der Waals surface area contributed by atoms with Crippen LogP contribution in [0.25, 0.3) is 0 Å². The third kappa shape index (κ3) is 3.16. The summed E-state index contributed by atoms with van der Waals surface area (Å²) in [5, 5.41) is 15.9. The standard InChI is InChI=1S/C7H6.C3H7NO3/c1-2-4-7-5-6(7)3-1;4-2(1-5)3(6)7/h1-4H,5H2;2,5H,1,4H2,(H,6,7). The molecular formula is C10H13NO3. The fourth-order valence-corrected chi connectivity index (χ4v) is 0.914. The van der Waals surface area contributed by atoms with Gasteiger partial charge in [-0.15, -0.1) is 0 Å². The van der Waals surface area contributed by atoms with Crippen molar-refractivity contribution in [1.82, 2.24) is 0 Å². The minimum Gasteiger partial charge on any atom is -0.480 e. The molecule has 0 aromatic heterocycles. The predicted octanol–water partition coefficient (Wildman–Crippen LogP) is -0.0186. The molecule has 0 aliphatic heterocycles. The van der Waals surface area contributed by atoms with Crippen molar-refractivity contribution in [2.75, 3.05) is 6.61 Å². The van der Waals surface area contributed by atoms with Gasteiger partial charge in [0.25, 0.3) is 0 Å². The second kappa shape index (κ2) is 4.74. The monoisotopic (exact) mass is 195 g/mol. The lowest BCUT2D eigenvalue weighted by atomic mass is 10.3. The van der Waals surface area contributed by atoms with Crippen LogP contribution in [0.15, 0.2) is 24.3 Å². The maximum Gasteiger partial charge on any atom is 0.322 e. The highest BCUT2D eigenvalue weighted by atomic mass is 16.4. The van der Waals surface area contributed by atoms with Crippen LogP contribution in [0.1, 0.15) is 11.1 Å². The van der Waals surface area contributed by atoms with Crippen molar-refractivity contribution >= 4 is 5.97 Å². The number of hydrogen-bond donors (Lipinski definition) is 3. The summed E-state index contributed by atoms with van der Waals surface area (Å²) in [7, 11) is 0. The Hall–Kier alpha value is -1.39. The summed E-state index contributed by atoms with van der Waals surface area (Å²) in [5.74, 6) is -1.18. The molecule has 0 radical (unpaired) electrons. The smallest absolute Gasteiger partial charge is 0.322 e. The second-order valence-corrected chi connectivity index (χ2v) is 3.07. The molecule has 0 saturated carbocycles. The van der Waals surface area contributed by atoms with Gasteiger partial charge in [-0.1, -0.05) is 24.3 Å². The van der Waals surface area contributed by atoms with Gasteiger partial charge in [0.05, 0.1) is 6.61 Å². The highest BCUT2D eigenvalue weighted by molar-refractivity contribution is 5.73. The Labute approximate surface area is 82.0 Å². The Balaban J connectivity index is 0.000000140. The fraction of sp³-hybridized carbons (Fsp3) is 0.300. The molecule has 0 heterocycles. The average molecular weight is 195 g/mol. The first-order chi connectivity index (χ1) is 6.65. The van der Waals surface area contributed by atoms with Gasteiger partial charge < -0.3 is 15.9 Å². The van der Waals surface area contributed by atoms with Crippen molar-refractivity contribution in [1.29, 1.82) is 0 Å². The summed E-state index contributed by atoms with van der Waals surface area (Å²) in [6, 6.07) is 7.41. The molecule has 0 saturated heterocycles. The van der Waals surface area contributed by atoms with E-state index in [1.54, 1.807) is 0 Å². The molecule has 1 aliphatic rings. The molecule has 1 unspecified atom stereocenters. The quantitative estimate of drug-likeness (QED) is 0.629. The van der Waals surface area contributed by atoms with Gasteiger partial charge in [0, 0.05) is 0 Å². The molecule has 0 bridgehead atoms. The van der Waals surface area contributed by atoms with Crippen molar-refractivity contribution in [2.24, 2.45) is 5.73 Å². The number of aliphatic hydroxyl groups is 1. The van der Waals surface area contributed by atoms with Crippen LogP contribution in [-0.2, 0) is 11.2 Å². The molecule has 1 aromatic carbocycles. The second-order valence-electron chi connectivity index (χ2n) is 3.07. The molecule has 0 spiro atoms. The van der Waals surface area contributed by atoms with Crippen LogP contribution >= 0.6 is 0 Å². The maximum atomic E-state index is 9.65. The van der Waals surface area contributed by atoms with Gasteiger partial charge in [0.15, 0.2) is 0 Å². The van der Waals surface area contributed by atoms with E-state index in [-0.39, 0.29) is 0 Å². The van der Waals surface area contributed by atoms with Crippen molar-refractivity contribution in [3.8, 4) is 0 Å². The number of carbonyl (C=O) groups is 1. The van der Waals surface area contributed by atoms with Gasteiger partial charge in [-0.2, -0.15) is 0 Å². The van der Waals surface area contributed by atoms with Crippen LogP contribution in [-0.4, -0.2) is 28.8 Å². The summed E-state index contributed by atoms with van der Waals surface area (Å²) in [5.41, 5.74) is 7.83. The number of rotatable bonds is 2. The Morgan fingerprint density at radius 3 is 2.14 bits per heavy atom. The fourth-order valence-electron chi connectivity index (χ4n) is 0.914. The lowest BCUT2D eigenvalue weighted by Gasteiger charge is -1.96. The van der Waals surface area contributed by atoms with E-state index < -0.39 is 18.6 Å². The number of hydrogen-bond acceptors (Lipinski definition) is 3. The number of carboxylic acid groups (broad SMARTS) is 1. The minimum absolute atomic E-state index is 0.505. The average Bonchev–Trinajstić information content (AvgIpc) is 2.96. The number of benzene rings is 1. The van der Waals surface area contributed by atoms with Gasteiger partial charge in [0.1, 0.15) is 6.04 Å². The van der Waals surface area contributed by atoms with Crippen molar-refractivity contribution in [3.63, 3.8) is 0 Å². The number of nitrogens with two attached hydrogens (primary N) is 1. The molecule has 0 amide bonds. The van der Waals surface area contributed by atoms with Crippen molar-refractivity contribution in [3.05, 3.63) is 35.4 Å². The van der Waals surface area contributed by atoms with Crippen LogP contribution in [0.4, 0.5) is 0 Å². The van der Waals surface area contributed by atoms with E-state index in [1.165, 1.54) is 17.5 Å². The first-order valence-electron chi connectivity index (χ1n) is 4.31. The molecule has 1 aromatic rings. The van der Waals surface area contributed by atoms with Crippen LogP contribution in [0.3, 0.4) is 0 Å². The summed E-state index contributed by atoms with van der Waals surface area (Å²) >= 11 is 0. The highest BCUT2D eigenvalue weighted by Gasteiger charge is 2.12. The van der Waals surface area contributed by atoms with E-state index in [0.29, 0.717) is 0 Å². The molecular weight excluding hydrogens is 182 g/mol. The zero-order valence-electron chi connectivity index (χ0n) is 7.68. The van der Waals surface area contributed by atoms with E-state index in [4.69, 9.17) is 15.9 Å². The van der Waals surface area contributed by atoms with E-state index in [2.05, 4.69) is 24.3 Å². The van der Waals surface area contributed by atoms with Crippen molar-refractivity contribution in [2.45, 2.75) is 12.5 Å². The molecule has 1 atom stereocenters. The number of aliphatic hydroxyl groups excluding tert-OH is 1. The first kappa shape index (κ1) is 10.7. The number of aliphatic carboxylic acids is 1. The SMILES string of the molecule is NC(CO)C(=O)O.c1ccc2c(c1)C2. The number of carboxylic acids is 1. The van der Waals surface area contributed by atoms with Crippen molar-refractivity contribution < 1.29 is 15.0 Å². The van der Waals surface area contributed by atoms with Crippen LogP contribution in [0, 0.1) is 0 Å². The Kier molecular flexibility index (Phi) is 3.62. The zero-order chi connectivity index (χ0) is 10.6. The van der Waals surface area contributed by atoms with Gasteiger partial charge in [0.2, 0.25) is 0 Å². The third-order valence-electron chi connectivity index (χ3n) is 1.89. The van der Waals surface area contributed by atoms with Gasteiger partial charge in [-0.3, -0.25) is 4.79 Å². The third-order valence-corrected chi connectivity index (χ3v) is 1.89. The van der Waals surface area contributed by atoms with Crippen LogP contribution in [0.5, 0.6) is 0 Å². The lowest BCUT2D eigenvalue weighted by molar-refractivity contribution is -0.139. The number of fused-ring (bicyclic) bond motifs is 1. The topological polar surface area (TPSA) is 83.5 Å². The van der Waals surface area contributed by atoms with Crippen LogP contribution in [0.2, 0.25) is 0 Å². The molecule has 76 valence electrons. The summed E-state index contributed by atoms with van der Waals surface area (Å²) in [6.07, 6.45) is 1.24. The largest absolute Gasteiger partial charge is 0.480 e. The molecule has 2 rings (SSSR count). The predicted molar refractivity (Wildman–Crippen MR) is 51.9 cm³/mol. The normalized spacial score (nSPS) is 13.3. The molecule has 4 heteroatoms. The van der Waals surface area contributed by atoms with Gasteiger partial charge in [-0.25, -0.2) is 0 Å². The molecule has 4 N–H and O–H groups in total. The van der Waals surface area contributed by atoms with E-state index >= 15 is 0 Å². The van der Waals surface area contributed by atoms with E-state index in [9.17, 15) is 4.79 Å².